The molecule has 0 aliphatic carbocycles. The summed E-state index contributed by atoms with van der Waals surface area (Å²) in [4.78, 5) is 11.9. The Morgan fingerprint density at radius 3 is 2.44 bits per heavy atom. The first-order valence-electron chi connectivity index (χ1n) is 6.65. The largest absolute Gasteiger partial charge is 0.461 e. The number of rotatable bonds is 6. The van der Waals surface area contributed by atoms with Crippen LogP contribution in [0.5, 0.6) is 0 Å². The van der Waals surface area contributed by atoms with E-state index < -0.39 is 0 Å². The summed E-state index contributed by atoms with van der Waals surface area (Å²) in [7, 11) is 0. The second kappa shape index (κ2) is 6.58. The summed E-state index contributed by atoms with van der Waals surface area (Å²) in [5.41, 5.74) is 1.23. The van der Waals surface area contributed by atoms with E-state index in [9.17, 15) is 4.79 Å². The van der Waals surface area contributed by atoms with Crippen molar-refractivity contribution in [3.8, 4) is 0 Å². The zero-order valence-corrected chi connectivity index (χ0v) is 11.9. The maximum atomic E-state index is 11.9. The van der Waals surface area contributed by atoms with Gasteiger partial charge in [-0.25, -0.2) is 0 Å². The lowest BCUT2D eigenvalue weighted by Crippen LogP contribution is -2.22. The van der Waals surface area contributed by atoms with Crippen LogP contribution in [0.3, 0.4) is 0 Å². The number of ether oxygens (including phenoxy) is 1. The van der Waals surface area contributed by atoms with Crippen LogP contribution in [0, 0.1) is 11.3 Å². The van der Waals surface area contributed by atoms with E-state index in [0.717, 1.165) is 18.4 Å². The molecule has 2 heteroatoms. The van der Waals surface area contributed by atoms with E-state index in [1.165, 1.54) is 0 Å². The number of carbonyl (C=O) groups is 1. The van der Waals surface area contributed by atoms with Crippen molar-refractivity contribution in [1.29, 1.82) is 0 Å². The van der Waals surface area contributed by atoms with Crippen LogP contribution >= 0.6 is 0 Å². The van der Waals surface area contributed by atoms with Crippen molar-refractivity contribution in [2.75, 3.05) is 0 Å². The average Bonchev–Trinajstić information content (AvgIpc) is 2.36. The molecule has 0 aromatic heterocycles. The lowest BCUT2D eigenvalue weighted by atomic mass is 9.81. The van der Waals surface area contributed by atoms with E-state index in [1.54, 1.807) is 0 Å². The lowest BCUT2D eigenvalue weighted by Gasteiger charge is -2.25. The van der Waals surface area contributed by atoms with Crippen LogP contribution in [0.2, 0.25) is 0 Å². The normalized spacial score (nSPS) is 13.1. The number of hydrogen-bond acceptors (Lipinski definition) is 2. The lowest BCUT2D eigenvalue weighted by molar-refractivity contribution is -0.150. The van der Waals surface area contributed by atoms with E-state index in [-0.39, 0.29) is 17.3 Å². The van der Waals surface area contributed by atoms with Crippen molar-refractivity contribution in [3.63, 3.8) is 0 Å². The van der Waals surface area contributed by atoms with Gasteiger partial charge in [-0.1, -0.05) is 64.4 Å². The van der Waals surface area contributed by atoms with E-state index in [1.807, 2.05) is 37.3 Å². The van der Waals surface area contributed by atoms with E-state index in [4.69, 9.17) is 4.74 Å². The monoisotopic (exact) mass is 248 g/mol. The van der Waals surface area contributed by atoms with Crippen molar-refractivity contribution < 1.29 is 9.53 Å². The molecule has 1 aromatic rings. The van der Waals surface area contributed by atoms with Gasteiger partial charge in [-0.05, 0) is 17.4 Å². The molecular weight excluding hydrogens is 224 g/mol. The first-order valence-corrected chi connectivity index (χ1v) is 6.65. The highest BCUT2D eigenvalue weighted by atomic mass is 16.5. The number of carbonyl (C=O) groups excluding carboxylic acids is 1. The Bertz CT molecular complexity index is 368. The maximum Gasteiger partial charge on any atom is 0.309 e. The molecule has 0 amide bonds. The molecule has 1 atom stereocenters. The molecule has 0 saturated carbocycles. The van der Waals surface area contributed by atoms with Gasteiger partial charge in [0.15, 0.2) is 0 Å². The number of hydrogen-bond donors (Lipinski definition) is 0. The average molecular weight is 248 g/mol. The minimum absolute atomic E-state index is 0.0383. The van der Waals surface area contributed by atoms with Gasteiger partial charge in [0.05, 0.1) is 5.92 Å². The summed E-state index contributed by atoms with van der Waals surface area (Å²) in [6, 6.07) is 9.79. The van der Waals surface area contributed by atoms with Crippen LogP contribution in [0.4, 0.5) is 0 Å². The van der Waals surface area contributed by atoms with Gasteiger partial charge in [-0.15, -0.1) is 0 Å². The fraction of sp³-hybridized carbons (Fsp3) is 0.562. The van der Waals surface area contributed by atoms with Crippen LogP contribution in [0.15, 0.2) is 30.3 Å². The number of benzene rings is 1. The van der Waals surface area contributed by atoms with Gasteiger partial charge in [0.25, 0.3) is 0 Å². The van der Waals surface area contributed by atoms with Gasteiger partial charge in [0.2, 0.25) is 0 Å². The highest BCUT2D eigenvalue weighted by Crippen LogP contribution is 2.29. The molecule has 0 heterocycles. The summed E-state index contributed by atoms with van der Waals surface area (Å²) in [6.45, 7) is 8.85. The highest BCUT2D eigenvalue weighted by molar-refractivity contribution is 5.72. The van der Waals surface area contributed by atoms with Crippen LogP contribution in [-0.4, -0.2) is 5.97 Å². The minimum Gasteiger partial charge on any atom is -0.461 e. The van der Waals surface area contributed by atoms with Gasteiger partial charge in [-0.3, -0.25) is 4.79 Å². The van der Waals surface area contributed by atoms with Crippen LogP contribution in [0.1, 0.15) is 46.1 Å². The molecule has 18 heavy (non-hydrogen) atoms. The molecule has 2 nitrogen and oxygen atoms in total. The van der Waals surface area contributed by atoms with Gasteiger partial charge < -0.3 is 4.74 Å². The van der Waals surface area contributed by atoms with Crippen molar-refractivity contribution in [1.82, 2.24) is 0 Å². The van der Waals surface area contributed by atoms with Crippen LogP contribution in [-0.2, 0) is 16.1 Å². The molecular formula is C16H24O2. The minimum atomic E-state index is -0.0969. The molecule has 0 bridgehead atoms. The summed E-state index contributed by atoms with van der Waals surface area (Å²) in [5.74, 6) is -0.135. The zero-order chi connectivity index (χ0) is 13.6. The SMILES string of the molecule is CCC(C)(C)CC(C)C(=O)OCc1ccccc1. The van der Waals surface area contributed by atoms with Crippen molar-refractivity contribution >= 4 is 5.97 Å². The summed E-state index contributed by atoms with van der Waals surface area (Å²) in [5, 5.41) is 0. The summed E-state index contributed by atoms with van der Waals surface area (Å²) >= 11 is 0. The van der Waals surface area contributed by atoms with Crippen LogP contribution in [0.25, 0.3) is 0 Å². The first kappa shape index (κ1) is 14.7. The summed E-state index contributed by atoms with van der Waals surface area (Å²) in [6.07, 6.45) is 1.94. The van der Waals surface area contributed by atoms with Crippen LogP contribution < -0.4 is 0 Å². The first-order chi connectivity index (χ1) is 8.44. The van der Waals surface area contributed by atoms with Gasteiger partial charge in [0.1, 0.15) is 6.61 Å². The third-order valence-electron chi connectivity index (χ3n) is 3.44. The van der Waals surface area contributed by atoms with E-state index >= 15 is 0 Å². The van der Waals surface area contributed by atoms with Gasteiger partial charge >= 0.3 is 5.97 Å². The molecule has 0 radical (unpaired) electrons. The third-order valence-corrected chi connectivity index (χ3v) is 3.44. The number of esters is 1. The third kappa shape index (κ3) is 4.91. The Labute approximate surface area is 110 Å². The predicted octanol–water partition coefficient (Wildman–Crippen LogP) is 4.19. The molecule has 0 N–H and O–H groups in total. The Morgan fingerprint density at radius 1 is 1.28 bits per heavy atom. The predicted molar refractivity (Wildman–Crippen MR) is 74.1 cm³/mol. The maximum absolute atomic E-state index is 11.9. The molecule has 1 aromatic carbocycles. The molecule has 0 aliphatic heterocycles. The highest BCUT2D eigenvalue weighted by Gasteiger charge is 2.24. The molecule has 0 saturated heterocycles. The zero-order valence-electron chi connectivity index (χ0n) is 11.9. The molecule has 0 aliphatic rings. The Morgan fingerprint density at radius 2 is 1.89 bits per heavy atom. The molecule has 1 rings (SSSR count). The Kier molecular flexibility index (Phi) is 5.39. The fourth-order valence-electron chi connectivity index (χ4n) is 1.93. The smallest absolute Gasteiger partial charge is 0.309 e. The molecule has 0 fully saturated rings. The topological polar surface area (TPSA) is 26.3 Å². The second-order valence-electron chi connectivity index (χ2n) is 5.72. The van der Waals surface area contributed by atoms with E-state index in [0.29, 0.717) is 6.61 Å². The molecule has 1 unspecified atom stereocenters. The molecule has 100 valence electrons. The second-order valence-corrected chi connectivity index (χ2v) is 5.72. The van der Waals surface area contributed by atoms with Crippen molar-refractivity contribution in [3.05, 3.63) is 35.9 Å². The quantitative estimate of drug-likeness (QED) is 0.705. The van der Waals surface area contributed by atoms with Crippen molar-refractivity contribution in [2.45, 2.75) is 47.1 Å². The van der Waals surface area contributed by atoms with Gasteiger partial charge in [-0.2, -0.15) is 0 Å². The Balaban J connectivity index is 2.41. The van der Waals surface area contributed by atoms with E-state index in [2.05, 4.69) is 20.8 Å². The molecule has 0 spiro atoms. The fourth-order valence-corrected chi connectivity index (χ4v) is 1.93. The Hall–Kier alpha value is -1.31. The van der Waals surface area contributed by atoms with Gasteiger partial charge in [0, 0.05) is 0 Å². The van der Waals surface area contributed by atoms with Crippen molar-refractivity contribution in [2.24, 2.45) is 11.3 Å². The standard InChI is InChI=1S/C16H24O2/c1-5-16(3,4)11-13(2)15(17)18-12-14-9-7-6-8-10-14/h6-10,13H,5,11-12H2,1-4H3. The summed E-state index contributed by atoms with van der Waals surface area (Å²) < 4.78 is 5.34.